The quantitative estimate of drug-likeness (QED) is 0.775. The van der Waals surface area contributed by atoms with Gasteiger partial charge in [-0.1, -0.05) is 0 Å². The largest absolute Gasteiger partial charge is 0.477 e. The van der Waals surface area contributed by atoms with Crippen molar-refractivity contribution < 1.29 is 23.1 Å². The zero-order valence-corrected chi connectivity index (χ0v) is 10.9. The number of nitrogens with one attached hydrogen (secondary N) is 1. The van der Waals surface area contributed by atoms with Crippen LogP contribution in [0.4, 0.5) is 0 Å². The number of carbonyl (C=O) groups is 2. The van der Waals surface area contributed by atoms with Crippen LogP contribution in [-0.2, 0) is 21.2 Å². The van der Waals surface area contributed by atoms with Crippen LogP contribution >= 0.6 is 0 Å². The van der Waals surface area contributed by atoms with Gasteiger partial charge in [0.05, 0.1) is 11.5 Å². The van der Waals surface area contributed by atoms with E-state index in [1.165, 1.54) is 22.9 Å². The van der Waals surface area contributed by atoms with Crippen LogP contribution in [0, 0.1) is 0 Å². The fourth-order valence-electron chi connectivity index (χ4n) is 2.08. The Morgan fingerprint density at radius 1 is 1.47 bits per heavy atom. The smallest absolute Gasteiger partial charge is 0.352 e. The Hall–Kier alpha value is -1.83. The van der Waals surface area contributed by atoms with Gasteiger partial charge < -0.3 is 15.0 Å². The van der Waals surface area contributed by atoms with Crippen molar-refractivity contribution in [1.82, 2.24) is 9.88 Å². The maximum atomic E-state index is 11.7. The molecule has 0 aromatic carbocycles. The molecule has 1 fully saturated rings. The lowest BCUT2D eigenvalue weighted by Gasteiger charge is -2.12. The average Bonchev–Trinajstić information content (AvgIpc) is 2.85. The Kier molecular flexibility index (Phi) is 3.61. The molecule has 1 aliphatic heterocycles. The van der Waals surface area contributed by atoms with Gasteiger partial charge in [-0.25, -0.2) is 13.2 Å². The van der Waals surface area contributed by atoms with E-state index in [9.17, 15) is 18.0 Å². The highest BCUT2D eigenvalue weighted by Gasteiger charge is 2.28. The molecule has 1 atom stereocenters. The molecule has 1 amide bonds. The van der Waals surface area contributed by atoms with Gasteiger partial charge in [-0.2, -0.15) is 0 Å². The molecule has 1 unspecified atom stereocenters. The molecule has 0 spiro atoms. The standard InChI is InChI=1S/C11H14N2O5S/c14-10(12-8-3-5-19(17,18)7-8)6-13-4-1-2-9(13)11(15)16/h1-2,4,8H,3,5-7H2,(H,12,14)(H,15,16). The van der Waals surface area contributed by atoms with E-state index in [0.717, 1.165) is 0 Å². The second kappa shape index (κ2) is 5.04. The van der Waals surface area contributed by atoms with Crippen molar-refractivity contribution in [2.75, 3.05) is 11.5 Å². The van der Waals surface area contributed by atoms with E-state index in [0.29, 0.717) is 6.42 Å². The SMILES string of the molecule is O=C(Cn1cccc1C(=O)O)NC1CCS(=O)(=O)C1. The van der Waals surface area contributed by atoms with E-state index in [-0.39, 0.29) is 35.7 Å². The third-order valence-corrected chi connectivity index (χ3v) is 4.73. The van der Waals surface area contributed by atoms with E-state index in [1.807, 2.05) is 0 Å². The maximum absolute atomic E-state index is 11.7. The van der Waals surface area contributed by atoms with Gasteiger partial charge in [0.25, 0.3) is 0 Å². The zero-order chi connectivity index (χ0) is 14.0. The van der Waals surface area contributed by atoms with Crippen molar-refractivity contribution in [3.63, 3.8) is 0 Å². The average molecular weight is 286 g/mol. The summed E-state index contributed by atoms with van der Waals surface area (Å²) in [6.45, 7) is -0.134. The second-order valence-electron chi connectivity index (χ2n) is 4.49. The molecular weight excluding hydrogens is 272 g/mol. The Morgan fingerprint density at radius 2 is 2.21 bits per heavy atom. The molecule has 0 aliphatic carbocycles. The van der Waals surface area contributed by atoms with Crippen molar-refractivity contribution in [3.05, 3.63) is 24.0 Å². The lowest BCUT2D eigenvalue weighted by atomic mass is 10.2. The van der Waals surface area contributed by atoms with Crippen LogP contribution in [0.5, 0.6) is 0 Å². The molecule has 0 radical (unpaired) electrons. The molecule has 7 nitrogen and oxygen atoms in total. The van der Waals surface area contributed by atoms with Gasteiger partial charge >= 0.3 is 5.97 Å². The fraction of sp³-hybridized carbons (Fsp3) is 0.455. The number of aromatic carboxylic acids is 1. The first-order valence-electron chi connectivity index (χ1n) is 5.75. The number of rotatable bonds is 4. The molecule has 0 saturated carbocycles. The van der Waals surface area contributed by atoms with Crippen LogP contribution in [0.1, 0.15) is 16.9 Å². The number of aromatic nitrogens is 1. The third-order valence-electron chi connectivity index (χ3n) is 2.96. The van der Waals surface area contributed by atoms with Gasteiger partial charge in [-0.3, -0.25) is 4.79 Å². The van der Waals surface area contributed by atoms with Gasteiger partial charge in [0, 0.05) is 12.2 Å². The van der Waals surface area contributed by atoms with Gasteiger partial charge in [-0.05, 0) is 18.6 Å². The van der Waals surface area contributed by atoms with Crippen LogP contribution in [-0.4, -0.2) is 47.5 Å². The molecule has 104 valence electrons. The Balaban J connectivity index is 1.95. The van der Waals surface area contributed by atoms with Crippen molar-refractivity contribution in [3.8, 4) is 0 Å². The number of hydrogen-bond donors (Lipinski definition) is 2. The van der Waals surface area contributed by atoms with Crippen molar-refractivity contribution >= 4 is 21.7 Å². The number of sulfone groups is 1. The summed E-state index contributed by atoms with van der Waals surface area (Å²) in [5, 5.41) is 11.5. The summed E-state index contributed by atoms with van der Waals surface area (Å²) in [5.74, 6) is -1.46. The summed E-state index contributed by atoms with van der Waals surface area (Å²) in [7, 11) is -3.04. The highest BCUT2D eigenvalue weighted by Crippen LogP contribution is 2.11. The van der Waals surface area contributed by atoms with E-state index in [4.69, 9.17) is 5.11 Å². The number of hydrogen-bond acceptors (Lipinski definition) is 4. The summed E-state index contributed by atoms with van der Waals surface area (Å²) in [4.78, 5) is 22.6. The number of carboxylic acid groups (broad SMARTS) is 1. The number of carboxylic acids is 1. The molecular formula is C11H14N2O5S. The normalized spacial score (nSPS) is 21.2. The van der Waals surface area contributed by atoms with Crippen LogP contribution in [0.25, 0.3) is 0 Å². The molecule has 1 saturated heterocycles. The molecule has 2 heterocycles. The van der Waals surface area contributed by atoms with Crippen molar-refractivity contribution in [1.29, 1.82) is 0 Å². The van der Waals surface area contributed by atoms with E-state index in [1.54, 1.807) is 0 Å². The molecule has 1 aliphatic rings. The molecule has 0 bridgehead atoms. The van der Waals surface area contributed by atoms with E-state index >= 15 is 0 Å². The summed E-state index contributed by atoms with van der Waals surface area (Å²) in [6.07, 6.45) is 1.90. The van der Waals surface area contributed by atoms with Crippen LogP contribution < -0.4 is 5.32 Å². The lowest BCUT2D eigenvalue weighted by Crippen LogP contribution is -2.38. The minimum Gasteiger partial charge on any atom is -0.477 e. The monoisotopic (exact) mass is 286 g/mol. The lowest BCUT2D eigenvalue weighted by molar-refractivity contribution is -0.122. The molecule has 1 aromatic rings. The first kappa shape index (κ1) is 13.6. The summed E-state index contributed by atoms with van der Waals surface area (Å²) in [5.41, 5.74) is 0.0224. The topological polar surface area (TPSA) is 105 Å². The van der Waals surface area contributed by atoms with Crippen LogP contribution in [0.3, 0.4) is 0 Å². The maximum Gasteiger partial charge on any atom is 0.352 e. The minimum absolute atomic E-state index is 0.0224. The van der Waals surface area contributed by atoms with Crippen LogP contribution in [0.2, 0.25) is 0 Å². The zero-order valence-electron chi connectivity index (χ0n) is 10.1. The molecule has 2 rings (SSSR count). The Bertz CT molecular complexity index is 604. The first-order valence-corrected chi connectivity index (χ1v) is 7.58. The first-order chi connectivity index (χ1) is 8.87. The number of carbonyl (C=O) groups excluding carboxylic acids is 1. The van der Waals surface area contributed by atoms with Gasteiger partial charge in [-0.15, -0.1) is 0 Å². The number of amides is 1. The predicted molar refractivity (Wildman–Crippen MR) is 66.6 cm³/mol. The summed E-state index contributed by atoms with van der Waals surface area (Å²) in [6, 6.07) is 2.56. The van der Waals surface area contributed by atoms with E-state index < -0.39 is 15.8 Å². The highest BCUT2D eigenvalue weighted by molar-refractivity contribution is 7.91. The van der Waals surface area contributed by atoms with E-state index in [2.05, 4.69) is 5.32 Å². The Morgan fingerprint density at radius 3 is 2.79 bits per heavy atom. The van der Waals surface area contributed by atoms with Crippen molar-refractivity contribution in [2.45, 2.75) is 19.0 Å². The summed E-state index contributed by atoms with van der Waals surface area (Å²) < 4.78 is 23.8. The molecule has 1 aromatic heterocycles. The van der Waals surface area contributed by atoms with Crippen LogP contribution in [0.15, 0.2) is 18.3 Å². The number of nitrogens with zero attached hydrogens (tertiary/aromatic N) is 1. The van der Waals surface area contributed by atoms with Gasteiger partial charge in [0.2, 0.25) is 5.91 Å². The molecule has 8 heteroatoms. The minimum atomic E-state index is -3.04. The fourth-order valence-corrected chi connectivity index (χ4v) is 3.76. The molecule has 2 N–H and O–H groups in total. The highest BCUT2D eigenvalue weighted by atomic mass is 32.2. The third kappa shape index (κ3) is 3.34. The van der Waals surface area contributed by atoms with Gasteiger partial charge in [0.15, 0.2) is 9.84 Å². The predicted octanol–water partition coefficient (Wildman–Crippen LogP) is -0.510. The molecule has 19 heavy (non-hydrogen) atoms. The van der Waals surface area contributed by atoms with Gasteiger partial charge in [0.1, 0.15) is 12.2 Å². The van der Waals surface area contributed by atoms with Crippen molar-refractivity contribution in [2.24, 2.45) is 0 Å². The Labute approximate surface area is 110 Å². The summed E-state index contributed by atoms with van der Waals surface area (Å²) >= 11 is 0. The second-order valence-corrected chi connectivity index (χ2v) is 6.72.